The molecule has 1 heterocycles. The average molecular weight is 1170 g/mol. The fourth-order valence-electron chi connectivity index (χ4n) is 11.3. The zero-order valence-corrected chi connectivity index (χ0v) is 54.2. The summed E-state index contributed by atoms with van der Waals surface area (Å²) in [5.74, 6) is -0.142. The third kappa shape index (κ3) is 51.4. The molecule has 0 aromatic heterocycles. The lowest BCUT2D eigenvalue weighted by Crippen LogP contribution is -2.60. The van der Waals surface area contributed by atoms with E-state index in [1.807, 2.05) is 0 Å². The summed E-state index contributed by atoms with van der Waals surface area (Å²) in [6.07, 6.45) is 81.1. The molecule has 484 valence electrons. The molecule has 0 aliphatic carbocycles. The Hall–Kier alpha value is -2.37. The van der Waals surface area contributed by atoms with Crippen molar-refractivity contribution in [2.75, 3.05) is 13.2 Å². The Morgan fingerprint density at radius 2 is 0.747 bits per heavy atom. The molecule has 1 fully saturated rings. The summed E-state index contributed by atoms with van der Waals surface area (Å²) in [5.41, 5.74) is 0. The van der Waals surface area contributed by atoms with Crippen LogP contribution in [0.15, 0.2) is 72.9 Å². The predicted octanol–water partition coefficient (Wildman–Crippen LogP) is 19.5. The van der Waals surface area contributed by atoms with Crippen molar-refractivity contribution < 1.29 is 39.8 Å². The summed E-state index contributed by atoms with van der Waals surface area (Å²) in [5, 5.41) is 55.0. The predicted molar refractivity (Wildman–Crippen MR) is 355 cm³/mol. The van der Waals surface area contributed by atoms with Gasteiger partial charge >= 0.3 is 0 Å². The lowest BCUT2D eigenvalue weighted by atomic mass is 9.99. The van der Waals surface area contributed by atoms with E-state index in [1.54, 1.807) is 0 Å². The van der Waals surface area contributed by atoms with Crippen molar-refractivity contribution in [2.45, 2.75) is 378 Å². The number of carbonyl (C=O) groups excluding carboxylic acids is 1. The lowest BCUT2D eigenvalue weighted by Gasteiger charge is -2.40. The zero-order chi connectivity index (χ0) is 60.0. The molecule has 0 saturated carbocycles. The van der Waals surface area contributed by atoms with Crippen molar-refractivity contribution in [1.29, 1.82) is 0 Å². The number of ether oxygens (including phenoxy) is 2. The van der Waals surface area contributed by atoms with E-state index in [0.717, 1.165) is 77.0 Å². The van der Waals surface area contributed by atoms with E-state index in [1.165, 1.54) is 231 Å². The van der Waals surface area contributed by atoms with Gasteiger partial charge < -0.3 is 40.3 Å². The number of nitrogens with one attached hydrogen (secondary N) is 1. The molecule has 1 aliphatic rings. The molecule has 83 heavy (non-hydrogen) atoms. The number of rotatable bonds is 62. The number of aliphatic hydroxyl groups is 5. The van der Waals surface area contributed by atoms with Crippen LogP contribution in [0.25, 0.3) is 0 Å². The van der Waals surface area contributed by atoms with Gasteiger partial charge in [-0.05, 0) is 64.2 Å². The van der Waals surface area contributed by atoms with Gasteiger partial charge in [0.05, 0.1) is 25.4 Å². The Morgan fingerprint density at radius 3 is 1.11 bits per heavy atom. The molecule has 1 rings (SSSR count). The number of hydrogen-bond donors (Lipinski definition) is 6. The van der Waals surface area contributed by atoms with E-state index < -0.39 is 49.5 Å². The van der Waals surface area contributed by atoms with Gasteiger partial charge in [0, 0.05) is 6.42 Å². The van der Waals surface area contributed by atoms with E-state index in [9.17, 15) is 30.3 Å². The van der Waals surface area contributed by atoms with Gasteiger partial charge in [-0.2, -0.15) is 0 Å². The molecule has 9 heteroatoms. The molecule has 9 nitrogen and oxygen atoms in total. The first-order chi connectivity index (χ1) is 40.8. The second-order valence-corrected chi connectivity index (χ2v) is 24.7. The molecule has 7 atom stereocenters. The van der Waals surface area contributed by atoms with Crippen LogP contribution in [-0.4, -0.2) is 87.5 Å². The Morgan fingerprint density at radius 1 is 0.422 bits per heavy atom. The average Bonchev–Trinajstić information content (AvgIpc) is 3.61. The maximum absolute atomic E-state index is 13.2. The number of allylic oxidation sites excluding steroid dienone is 12. The van der Waals surface area contributed by atoms with Gasteiger partial charge in [-0.3, -0.25) is 4.79 Å². The second-order valence-electron chi connectivity index (χ2n) is 24.7. The van der Waals surface area contributed by atoms with E-state index in [4.69, 9.17) is 9.47 Å². The number of carbonyl (C=O) groups is 1. The van der Waals surface area contributed by atoms with E-state index in [2.05, 4.69) is 92.1 Å². The van der Waals surface area contributed by atoms with Gasteiger partial charge in [0.2, 0.25) is 5.91 Å². The summed E-state index contributed by atoms with van der Waals surface area (Å²) in [7, 11) is 0. The molecule has 1 aliphatic heterocycles. The summed E-state index contributed by atoms with van der Waals surface area (Å²) >= 11 is 0. The SMILES string of the molecule is CC/C=C\C/C=C\C/C=C\C/C=C\C/C=C\C/C=C\CCCCCCCCCCCCCCCCC(=O)NC(COC1OC(CO)C(O)C(O)C1O)C(O)CCCCCCCCCCCCCCCCCCCCCCCCCCCCC. The van der Waals surface area contributed by atoms with Gasteiger partial charge in [0.1, 0.15) is 24.4 Å². The van der Waals surface area contributed by atoms with Crippen LogP contribution >= 0.6 is 0 Å². The summed E-state index contributed by atoms with van der Waals surface area (Å²) in [6.45, 7) is 3.77. The first-order valence-corrected chi connectivity index (χ1v) is 35.6. The maximum Gasteiger partial charge on any atom is 0.220 e. The first-order valence-electron chi connectivity index (χ1n) is 35.6. The highest BCUT2D eigenvalue weighted by molar-refractivity contribution is 5.76. The summed E-state index contributed by atoms with van der Waals surface area (Å²) in [4.78, 5) is 13.2. The molecule has 1 amide bonds. The van der Waals surface area contributed by atoms with Gasteiger partial charge in [-0.15, -0.1) is 0 Å². The molecule has 0 aromatic rings. The molecule has 0 radical (unpaired) electrons. The minimum Gasteiger partial charge on any atom is -0.394 e. The van der Waals surface area contributed by atoms with Crippen LogP contribution < -0.4 is 5.32 Å². The largest absolute Gasteiger partial charge is 0.394 e. The Kier molecular flexibility index (Phi) is 59.4. The van der Waals surface area contributed by atoms with Crippen LogP contribution in [0.5, 0.6) is 0 Å². The monoisotopic (exact) mass is 1170 g/mol. The fraction of sp³-hybridized carbons (Fsp3) is 0.824. The van der Waals surface area contributed by atoms with Crippen molar-refractivity contribution in [3.63, 3.8) is 0 Å². The Bertz CT molecular complexity index is 1540. The molecular weight excluding hydrogens is 1030 g/mol. The van der Waals surface area contributed by atoms with Crippen LogP contribution in [0.3, 0.4) is 0 Å². The van der Waals surface area contributed by atoms with Crippen LogP contribution in [-0.2, 0) is 14.3 Å². The standard InChI is InChI=1S/C74H135NO8/c1-3-5-7-9-11-13-15-17-19-21-23-25-27-29-31-32-33-34-35-36-38-40-42-44-46-48-50-52-54-56-58-60-62-64-70(78)75-67(66-82-74-73(81)72(80)71(79)69(65-76)83-74)68(77)63-61-59-57-55-53-51-49-47-45-43-41-39-37-30-28-26-24-22-20-18-16-14-12-10-8-6-4-2/h5,7,11,13,17,19,23,25,29,31,33-34,67-69,71-74,76-77,79-81H,3-4,6,8-10,12,14-16,18,20-22,24,26-28,30,32,35-66H2,1-2H3,(H,75,78)/b7-5-,13-11-,19-17-,25-23-,31-29-,34-33-. The van der Waals surface area contributed by atoms with Crippen molar-refractivity contribution in [1.82, 2.24) is 5.32 Å². The van der Waals surface area contributed by atoms with E-state index >= 15 is 0 Å². The minimum absolute atomic E-state index is 0.138. The maximum atomic E-state index is 13.2. The van der Waals surface area contributed by atoms with Crippen LogP contribution in [0.1, 0.15) is 335 Å². The van der Waals surface area contributed by atoms with Gasteiger partial charge in [-0.25, -0.2) is 0 Å². The highest BCUT2D eigenvalue weighted by Gasteiger charge is 2.44. The van der Waals surface area contributed by atoms with E-state index in [0.29, 0.717) is 12.8 Å². The zero-order valence-electron chi connectivity index (χ0n) is 54.2. The van der Waals surface area contributed by atoms with E-state index in [-0.39, 0.29) is 12.5 Å². The number of aliphatic hydroxyl groups excluding tert-OH is 5. The third-order valence-corrected chi connectivity index (χ3v) is 16.8. The topological polar surface area (TPSA) is 149 Å². The van der Waals surface area contributed by atoms with Crippen LogP contribution in [0, 0.1) is 0 Å². The normalized spacial score (nSPS) is 18.7. The van der Waals surface area contributed by atoms with Crippen molar-refractivity contribution in [2.24, 2.45) is 0 Å². The number of amides is 1. The molecule has 0 spiro atoms. The minimum atomic E-state index is -1.56. The highest BCUT2D eigenvalue weighted by atomic mass is 16.7. The molecular formula is C74H135NO8. The first kappa shape index (κ1) is 78.6. The summed E-state index contributed by atoms with van der Waals surface area (Å²) in [6, 6.07) is -0.724. The lowest BCUT2D eigenvalue weighted by molar-refractivity contribution is -0.302. The third-order valence-electron chi connectivity index (χ3n) is 16.8. The van der Waals surface area contributed by atoms with Crippen molar-refractivity contribution >= 4 is 5.91 Å². The number of unbranched alkanes of at least 4 members (excludes halogenated alkanes) is 40. The fourth-order valence-corrected chi connectivity index (χ4v) is 11.3. The van der Waals surface area contributed by atoms with Crippen LogP contribution in [0.4, 0.5) is 0 Å². The quantitative estimate of drug-likeness (QED) is 0.0261. The van der Waals surface area contributed by atoms with Gasteiger partial charge in [-0.1, -0.05) is 337 Å². The molecule has 0 bridgehead atoms. The van der Waals surface area contributed by atoms with Gasteiger partial charge in [0.15, 0.2) is 6.29 Å². The smallest absolute Gasteiger partial charge is 0.220 e. The van der Waals surface area contributed by atoms with Crippen molar-refractivity contribution in [3.8, 4) is 0 Å². The Labute approximate surface area is 512 Å². The summed E-state index contributed by atoms with van der Waals surface area (Å²) < 4.78 is 11.4. The van der Waals surface area contributed by atoms with Gasteiger partial charge in [0.25, 0.3) is 0 Å². The molecule has 1 saturated heterocycles. The van der Waals surface area contributed by atoms with Crippen molar-refractivity contribution in [3.05, 3.63) is 72.9 Å². The molecule has 6 N–H and O–H groups in total. The number of hydrogen-bond acceptors (Lipinski definition) is 8. The Balaban J connectivity index is 2.11. The van der Waals surface area contributed by atoms with Crippen LogP contribution in [0.2, 0.25) is 0 Å². The second kappa shape index (κ2) is 62.7. The molecule has 0 aromatic carbocycles. The highest BCUT2D eigenvalue weighted by Crippen LogP contribution is 2.24. The molecule has 7 unspecified atom stereocenters.